The maximum Gasteiger partial charge on any atom is 0.358 e. The van der Waals surface area contributed by atoms with Gasteiger partial charge >= 0.3 is 11.9 Å². The first-order valence-corrected chi connectivity index (χ1v) is 38.8. The Bertz CT molecular complexity index is 4390. The molecule has 0 aromatic heterocycles. The molecule has 29 heteroatoms. The van der Waals surface area contributed by atoms with Crippen molar-refractivity contribution in [2.75, 3.05) is 79.2 Å². The monoisotopic (exact) mass is 1660 g/mol. The van der Waals surface area contributed by atoms with E-state index in [0.29, 0.717) is 81.9 Å². The second-order valence-electron chi connectivity index (χ2n) is 22.2. The number of ketones is 1. The lowest BCUT2D eigenvalue weighted by Crippen LogP contribution is -2.52. The maximum absolute atomic E-state index is 13.4. The number of carbonyl (C=O) groups is 7. The molecule has 3 unspecified atom stereocenters. The van der Waals surface area contributed by atoms with Gasteiger partial charge in [-0.15, -0.1) is 23.2 Å². The van der Waals surface area contributed by atoms with E-state index in [1.54, 1.807) is 48.5 Å². The lowest BCUT2D eigenvalue weighted by Gasteiger charge is -2.34. The number of aliphatic hydroxyl groups excluding tert-OH is 2. The summed E-state index contributed by atoms with van der Waals surface area (Å²) in [4.78, 5) is 95.2. The summed E-state index contributed by atoms with van der Waals surface area (Å²) in [5.74, 6) is 1.04. The molecule has 9 aliphatic rings. The highest BCUT2D eigenvalue weighted by Crippen LogP contribution is 2.50. The van der Waals surface area contributed by atoms with Crippen molar-refractivity contribution in [2.45, 2.75) is 37.8 Å². The van der Waals surface area contributed by atoms with Gasteiger partial charge in [-0.1, -0.05) is 91.0 Å². The van der Waals surface area contributed by atoms with E-state index in [4.69, 9.17) is 93.0 Å². The van der Waals surface area contributed by atoms with Gasteiger partial charge in [0, 0.05) is 84.4 Å². The lowest BCUT2D eigenvalue weighted by atomic mass is 9.98. The number of hydrogen-bond acceptors (Lipinski definition) is 21. The van der Waals surface area contributed by atoms with Crippen LogP contribution in [0.2, 0.25) is 0 Å². The molecule has 3 amide bonds. The number of β-amino-alcohol motifs (C(OH)–C–C–N with tert-alkyl or cyclic N) is 1. The molecule has 0 saturated carbocycles. The Balaban J connectivity index is 0.000000152. The molecule has 15 rings (SSSR count). The van der Waals surface area contributed by atoms with E-state index in [1.807, 2.05) is 97.1 Å². The van der Waals surface area contributed by atoms with Gasteiger partial charge in [0.25, 0.3) is 5.91 Å². The first kappa shape index (κ1) is 74.7. The number of aliphatic hydroxyl groups is 2. The molecule has 24 nitrogen and oxygen atoms in total. The number of ether oxygens (including phenoxy) is 10. The third-order valence-corrected chi connectivity index (χ3v) is 17.1. The molecule has 0 bridgehead atoms. The van der Waals surface area contributed by atoms with Gasteiger partial charge in [0.15, 0.2) is 63.2 Å². The molecule has 6 aromatic carbocycles. The minimum absolute atomic E-state index is 0.0266. The van der Waals surface area contributed by atoms with Crippen LogP contribution in [0.15, 0.2) is 174 Å². The van der Waals surface area contributed by atoms with Crippen molar-refractivity contribution in [3.05, 3.63) is 219 Å². The van der Waals surface area contributed by atoms with Crippen LogP contribution < -0.4 is 34.2 Å². The molecule has 101 heavy (non-hydrogen) atoms. The minimum atomic E-state index is -1.25. The summed E-state index contributed by atoms with van der Waals surface area (Å²) < 4.78 is 54.8. The zero-order valence-electron chi connectivity index (χ0n) is 53.9. The molecule has 6 aliphatic heterocycles. The average molecular weight is 1660 g/mol. The Hall–Kier alpha value is -9.01. The largest absolute Gasteiger partial charge is 0.467 e. The summed E-state index contributed by atoms with van der Waals surface area (Å²) in [6, 6.07) is 38.1. The van der Waals surface area contributed by atoms with Crippen LogP contribution in [0.4, 0.5) is 0 Å². The van der Waals surface area contributed by atoms with Crippen molar-refractivity contribution in [2.24, 2.45) is 10.7 Å². The van der Waals surface area contributed by atoms with Crippen LogP contribution >= 0.6 is 72.0 Å². The molecule has 4 N–H and O–H groups in total. The Morgan fingerprint density at radius 2 is 1.12 bits per heavy atom. The fourth-order valence-electron chi connectivity index (χ4n) is 11.8. The summed E-state index contributed by atoms with van der Waals surface area (Å²) in [5, 5.41) is 16.6. The van der Waals surface area contributed by atoms with E-state index in [2.05, 4.69) is 42.2 Å². The quantitative estimate of drug-likeness (QED) is 0.0215. The molecule has 3 atom stereocenters. The molecule has 6 heterocycles. The summed E-state index contributed by atoms with van der Waals surface area (Å²) >= 11 is 19.7. The Morgan fingerprint density at radius 1 is 0.634 bits per heavy atom. The number of alkyl halides is 2. The predicted octanol–water partition coefficient (Wildman–Crippen LogP) is 9.78. The van der Waals surface area contributed by atoms with Crippen LogP contribution in [0.3, 0.4) is 0 Å². The summed E-state index contributed by atoms with van der Waals surface area (Å²) in [7, 11) is 2.51. The van der Waals surface area contributed by atoms with Gasteiger partial charge in [-0.3, -0.25) is 38.8 Å². The number of Topliss-reactive ketones (excluding diaryl/α,β-unsaturated/α-hetero) is 1. The van der Waals surface area contributed by atoms with Crippen molar-refractivity contribution < 1.29 is 91.1 Å². The molecule has 1 saturated heterocycles. The van der Waals surface area contributed by atoms with Crippen LogP contribution in [0.25, 0.3) is 16.7 Å². The molecule has 0 radical (unpaired) electrons. The number of esters is 2. The first-order chi connectivity index (χ1) is 49.1. The van der Waals surface area contributed by atoms with Gasteiger partial charge in [-0.05, 0) is 124 Å². The van der Waals surface area contributed by atoms with Crippen LogP contribution in [0.1, 0.15) is 62.5 Å². The minimum Gasteiger partial charge on any atom is -0.467 e. The standard InChI is InChI=1S/C24H20N2O6.C23H18ClNO6.C21H17NO5.C2H2Cl2O.C2H7NO.I2/c27-10-9-25-12-20(28)26-21(23(25)29)22(17-7-5-14-3-1-2-4-16(14)17)32-24(26)15-6-8-18-19(11-15)31-13-30-18;1-28-23(27)20-21(16-8-6-13-4-2-3-5-15(13)16)31-22(25(20)19(26)11-24)14-7-9-17-18(10-14)30-12-29-17;1-25-21(24)19(20(23)16-8-7-14-4-2-3-5-15(14)16)22-11-13-6-9-17-18(10-13)27-12-26-17;3-1-2(4)5;3-1-2-4;1-2/h1-4,6-8,11,24,27H,5,9-10,12-13H2;2-5,7-10,22H,6,11-12H2,1H3;2-6,8-11,19H,7,12H2,1H3;1H2;4H,1-3H2;. The zero-order valence-corrected chi connectivity index (χ0v) is 60.5. The summed E-state index contributed by atoms with van der Waals surface area (Å²) in [5.41, 5.74) is 15.1. The van der Waals surface area contributed by atoms with Crippen molar-refractivity contribution in [1.29, 1.82) is 0 Å². The van der Waals surface area contributed by atoms with E-state index in [9.17, 15) is 38.7 Å². The van der Waals surface area contributed by atoms with Gasteiger partial charge in [-0.25, -0.2) is 9.59 Å². The molecule has 6 aromatic rings. The third-order valence-electron chi connectivity index (χ3n) is 16.4. The van der Waals surface area contributed by atoms with Crippen LogP contribution in [0, 0.1) is 0 Å². The number of methoxy groups -OCH3 is 2. The average Bonchev–Trinajstić information content (AvgIpc) is 1.60. The number of nitrogens with zero attached hydrogens (tertiary/aromatic N) is 4. The van der Waals surface area contributed by atoms with Crippen molar-refractivity contribution in [3.63, 3.8) is 0 Å². The van der Waals surface area contributed by atoms with Crippen molar-refractivity contribution in [3.8, 4) is 34.5 Å². The van der Waals surface area contributed by atoms with Gasteiger partial charge in [0.05, 0.1) is 33.3 Å². The number of nitrogens with two attached hydrogens (primary N) is 1. The van der Waals surface area contributed by atoms with E-state index in [1.165, 1.54) is 35.1 Å². The number of fused-ring (bicyclic) bond motifs is 7. The highest BCUT2D eigenvalue weighted by molar-refractivity contribution is 15.0. The number of benzene rings is 6. The number of hydrogen-bond donors (Lipinski definition) is 3. The number of halogens is 5. The molecule has 526 valence electrons. The maximum atomic E-state index is 13.4. The predicted molar refractivity (Wildman–Crippen MR) is 388 cm³/mol. The topological polar surface area (TPSA) is 300 Å². The number of carbonyl (C=O) groups excluding carboxylic acids is 7. The van der Waals surface area contributed by atoms with E-state index in [-0.39, 0.29) is 93.2 Å². The van der Waals surface area contributed by atoms with Crippen molar-refractivity contribution in [1.82, 2.24) is 14.7 Å². The zero-order chi connectivity index (χ0) is 71.9. The third kappa shape index (κ3) is 16.5. The van der Waals surface area contributed by atoms with E-state index < -0.39 is 41.6 Å². The lowest BCUT2D eigenvalue weighted by molar-refractivity contribution is -0.150. The smallest absolute Gasteiger partial charge is 0.358 e. The number of rotatable bonds is 15. The van der Waals surface area contributed by atoms with Crippen molar-refractivity contribution >= 4 is 136 Å². The van der Waals surface area contributed by atoms with Crippen LogP contribution in [0.5, 0.6) is 34.5 Å². The van der Waals surface area contributed by atoms with Gasteiger partial charge < -0.3 is 68.2 Å². The highest BCUT2D eigenvalue weighted by atomic mass is 128. The van der Waals surface area contributed by atoms with Crippen LogP contribution in [-0.4, -0.2) is 157 Å². The molecular weight excluding hydrogens is 1600 g/mol. The second-order valence-corrected chi connectivity index (χ2v) is 23.2. The number of piperazine rings is 1. The number of aliphatic imine (C=N–C) groups is 1. The second kappa shape index (κ2) is 35.1. The normalized spacial score (nSPS) is 17.2. The van der Waals surface area contributed by atoms with Crippen LogP contribution in [-0.2, 0) is 71.8 Å². The Labute approximate surface area is 617 Å². The SMILES string of the molecule is COC(=O)C(N=Cc1ccc2c(c1)OCO2)C(=O)C1=CCc2ccccc21.COC(=O)C1=C(C2=CCc3ccccc32)OC(c2ccc3c(c2)OCO3)N1C(=O)CCl.II.NCCO.O=C(Cl)CCl.O=C1C2=C(C3=CCc4ccccc43)OC(c3ccc4c(c3)OCO4)N2C(=O)CN1CCO. The molecule has 1 fully saturated rings. The summed E-state index contributed by atoms with van der Waals surface area (Å²) in [6.45, 7) is 0.650. The Kier molecular flexibility index (Phi) is 25.9. The Morgan fingerprint density at radius 3 is 1.64 bits per heavy atom. The van der Waals surface area contributed by atoms with Gasteiger partial charge in [0.2, 0.25) is 55.9 Å². The highest BCUT2D eigenvalue weighted by Gasteiger charge is 2.50. The van der Waals surface area contributed by atoms with Gasteiger partial charge in [-0.2, -0.15) is 0 Å². The van der Waals surface area contributed by atoms with Gasteiger partial charge in [0.1, 0.15) is 12.4 Å². The van der Waals surface area contributed by atoms with E-state index >= 15 is 0 Å². The number of amides is 3. The van der Waals surface area contributed by atoms with E-state index in [0.717, 1.165) is 50.9 Å². The number of allylic oxidation sites excluding steroid dienone is 5. The summed E-state index contributed by atoms with van der Waals surface area (Å²) in [6.07, 6.45) is 7.70. The molecular formula is C72H64Cl3I2N5O19. The fourth-order valence-corrected chi connectivity index (χ4v) is 12.0. The first-order valence-electron chi connectivity index (χ1n) is 31.0. The molecule has 3 aliphatic carbocycles. The molecule has 0 spiro atoms. The fraction of sp³-hybridized carbons (Fsp3) is 0.250.